The summed E-state index contributed by atoms with van der Waals surface area (Å²) in [6.45, 7) is 7.03. The number of aromatic nitrogens is 3. The first-order valence-electron chi connectivity index (χ1n) is 9.43. The van der Waals surface area contributed by atoms with Gasteiger partial charge in [0, 0.05) is 29.9 Å². The van der Waals surface area contributed by atoms with Crippen LogP contribution in [0.1, 0.15) is 36.0 Å². The molecule has 2 aromatic heterocycles. The van der Waals surface area contributed by atoms with E-state index in [9.17, 15) is 18.4 Å². The Bertz CT molecular complexity index is 1130. The van der Waals surface area contributed by atoms with Gasteiger partial charge in [0.1, 0.15) is 11.6 Å². The average molecular weight is 416 g/mol. The summed E-state index contributed by atoms with van der Waals surface area (Å²) in [6.07, 6.45) is -0.727. The third-order valence-electron chi connectivity index (χ3n) is 4.73. The van der Waals surface area contributed by atoms with Crippen LogP contribution in [0.3, 0.4) is 0 Å². The van der Waals surface area contributed by atoms with Crippen LogP contribution in [0.2, 0.25) is 0 Å². The van der Waals surface area contributed by atoms with Crippen LogP contribution in [-0.4, -0.2) is 32.6 Å². The second kappa shape index (κ2) is 8.56. The summed E-state index contributed by atoms with van der Waals surface area (Å²) < 4.78 is 33.5. The molecule has 0 fully saturated rings. The molecule has 0 aliphatic rings. The second-order valence-corrected chi connectivity index (χ2v) is 7.06. The van der Waals surface area contributed by atoms with Crippen LogP contribution in [0.15, 0.2) is 24.3 Å². The molecule has 0 spiro atoms. The number of fused-ring (bicyclic) bond motifs is 1. The molecule has 1 aromatic carbocycles. The third kappa shape index (κ3) is 4.61. The number of halogens is 2. The van der Waals surface area contributed by atoms with Gasteiger partial charge in [0.15, 0.2) is 11.8 Å². The Morgan fingerprint density at radius 2 is 1.93 bits per heavy atom. The summed E-state index contributed by atoms with van der Waals surface area (Å²) in [5.41, 5.74) is 3.96. The SMILES string of the molecule is Cc1cc2nc(C)c(CCC(=O)O[C@@H](C)C(=O)Nc3ccc(F)cc3F)c(C)n2n1. The average Bonchev–Trinajstić information content (AvgIpc) is 3.04. The molecule has 0 saturated carbocycles. The van der Waals surface area contributed by atoms with Gasteiger partial charge in [-0.3, -0.25) is 9.59 Å². The number of benzene rings is 1. The van der Waals surface area contributed by atoms with Gasteiger partial charge in [-0.1, -0.05) is 0 Å². The molecular weight excluding hydrogens is 394 g/mol. The van der Waals surface area contributed by atoms with Crippen LogP contribution < -0.4 is 5.32 Å². The number of rotatable bonds is 6. The van der Waals surface area contributed by atoms with Gasteiger partial charge in [-0.05, 0) is 51.8 Å². The Morgan fingerprint density at radius 3 is 2.63 bits per heavy atom. The van der Waals surface area contributed by atoms with Crippen molar-refractivity contribution < 1.29 is 23.1 Å². The van der Waals surface area contributed by atoms with Crippen LogP contribution in [-0.2, 0) is 20.7 Å². The summed E-state index contributed by atoms with van der Waals surface area (Å²) in [4.78, 5) is 28.9. The van der Waals surface area contributed by atoms with E-state index in [0.717, 1.165) is 40.4 Å². The summed E-state index contributed by atoms with van der Waals surface area (Å²) in [6, 6.07) is 4.65. The number of nitrogens with one attached hydrogen (secondary N) is 1. The minimum atomic E-state index is -1.14. The fourth-order valence-corrected chi connectivity index (χ4v) is 3.16. The van der Waals surface area contributed by atoms with E-state index in [0.29, 0.717) is 12.5 Å². The maximum atomic E-state index is 13.7. The molecule has 30 heavy (non-hydrogen) atoms. The first-order chi connectivity index (χ1) is 14.2. The minimum absolute atomic E-state index is 0.0393. The van der Waals surface area contributed by atoms with Gasteiger partial charge in [0.05, 0.1) is 11.4 Å². The normalized spacial score (nSPS) is 12.1. The van der Waals surface area contributed by atoms with Crippen molar-refractivity contribution >= 4 is 23.2 Å². The Morgan fingerprint density at radius 1 is 1.20 bits per heavy atom. The highest BCUT2D eigenvalue weighted by atomic mass is 19.1. The van der Waals surface area contributed by atoms with Crippen molar-refractivity contribution in [3.8, 4) is 0 Å². The lowest BCUT2D eigenvalue weighted by Gasteiger charge is -2.15. The van der Waals surface area contributed by atoms with Crippen LogP contribution in [0.5, 0.6) is 0 Å². The molecule has 9 heteroatoms. The van der Waals surface area contributed by atoms with Gasteiger partial charge in [0.2, 0.25) is 0 Å². The molecule has 158 valence electrons. The molecule has 1 N–H and O–H groups in total. The van der Waals surface area contributed by atoms with E-state index in [2.05, 4.69) is 15.4 Å². The predicted octanol–water partition coefficient (Wildman–Crippen LogP) is 3.44. The van der Waals surface area contributed by atoms with Crippen LogP contribution in [0, 0.1) is 32.4 Å². The smallest absolute Gasteiger partial charge is 0.306 e. The number of aryl methyl sites for hydroxylation is 3. The number of ether oxygens (including phenoxy) is 1. The van der Waals surface area contributed by atoms with E-state index >= 15 is 0 Å². The lowest BCUT2D eigenvalue weighted by Crippen LogP contribution is -2.30. The number of nitrogens with zero attached hydrogens (tertiary/aromatic N) is 3. The highest BCUT2D eigenvalue weighted by Crippen LogP contribution is 2.18. The van der Waals surface area contributed by atoms with Crippen LogP contribution >= 0.6 is 0 Å². The molecule has 1 amide bonds. The Labute approximate surface area is 172 Å². The van der Waals surface area contributed by atoms with E-state index in [1.807, 2.05) is 26.8 Å². The highest BCUT2D eigenvalue weighted by Gasteiger charge is 2.20. The van der Waals surface area contributed by atoms with Crippen molar-refractivity contribution in [1.29, 1.82) is 0 Å². The van der Waals surface area contributed by atoms with E-state index < -0.39 is 29.6 Å². The van der Waals surface area contributed by atoms with Gasteiger partial charge in [-0.25, -0.2) is 18.3 Å². The van der Waals surface area contributed by atoms with Crippen molar-refractivity contribution in [2.45, 2.75) is 46.6 Å². The number of esters is 1. The zero-order valence-electron chi connectivity index (χ0n) is 17.1. The second-order valence-electron chi connectivity index (χ2n) is 7.06. The summed E-state index contributed by atoms with van der Waals surface area (Å²) in [5.74, 6) is -2.96. The zero-order valence-corrected chi connectivity index (χ0v) is 17.1. The maximum Gasteiger partial charge on any atom is 0.306 e. The lowest BCUT2D eigenvalue weighted by atomic mass is 10.1. The van der Waals surface area contributed by atoms with Gasteiger partial charge >= 0.3 is 5.97 Å². The fraction of sp³-hybridized carbons (Fsp3) is 0.333. The van der Waals surface area contributed by atoms with Gasteiger partial charge in [-0.2, -0.15) is 5.10 Å². The van der Waals surface area contributed by atoms with Crippen molar-refractivity contribution in [3.63, 3.8) is 0 Å². The predicted molar refractivity (Wildman–Crippen MR) is 106 cm³/mol. The van der Waals surface area contributed by atoms with Crippen molar-refractivity contribution in [2.75, 3.05) is 5.32 Å². The van der Waals surface area contributed by atoms with E-state index in [1.165, 1.54) is 6.92 Å². The molecule has 1 atom stereocenters. The molecule has 0 unspecified atom stereocenters. The van der Waals surface area contributed by atoms with E-state index in [1.54, 1.807) is 4.52 Å². The monoisotopic (exact) mass is 416 g/mol. The Kier molecular flexibility index (Phi) is 6.09. The maximum absolute atomic E-state index is 13.7. The molecule has 3 rings (SSSR count). The Balaban J connectivity index is 1.60. The van der Waals surface area contributed by atoms with Gasteiger partial charge in [0.25, 0.3) is 5.91 Å². The molecule has 3 aromatic rings. The molecule has 0 aliphatic heterocycles. The summed E-state index contributed by atoms with van der Waals surface area (Å²) in [5, 5.41) is 6.67. The zero-order chi connectivity index (χ0) is 22.0. The number of anilines is 1. The van der Waals surface area contributed by atoms with E-state index in [-0.39, 0.29) is 12.1 Å². The van der Waals surface area contributed by atoms with E-state index in [4.69, 9.17) is 4.74 Å². The number of carbonyl (C=O) groups excluding carboxylic acids is 2. The molecule has 0 aliphatic carbocycles. The quantitative estimate of drug-likeness (QED) is 0.622. The third-order valence-corrected chi connectivity index (χ3v) is 4.73. The van der Waals surface area contributed by atoms with Crippen LogP contribution in [0.25, 0.3) is 5.65 Å². The Hall–Kier alpha value is -3.36. The molecule has 0 bridgehead atoms. The largest absolute Gasteiger partial charge is 0.453 e. The first kappa shape index (κ1) is 21.4. The first-order valence-corrected chi connectivity index (χ1v) is 9.43. The summed E-state index contributed by atoms with van der Waals surface area (Å²) in [7, 11) is 0. The molecular formula is C21H22F2N4O3. The fourth-order valence-electron chi connectivity index (χ4n) is 3.16. The molecule has 2 heterocycles. The van der Waals surface area contributed by atoms with Crippen molar-refractivity contribution in [2.24, 2.45) is 0 Å². The standard InChI is InChI=1S/C21H22F2N4O3/c1-11-9-19-24-12(2)16(13(3)27(19)26-11)6-8-20(28)30-14(4)21(29)25-18-7-5-15(22)10-17(18)23/h5,7,9-10,14H,6,8H2,1-4H3,(H,25,29)/t14-/m0/s1. The highest BCUT2D eigenvalue weighted by molar-refractivity contribution is 5.95. The molecule has 7 nitrogen and oxygen atoms in total. The minimum Gasteiger partial charge on any atom is -0.453 e. The topological polar surface area (TPSA) is 85.6 Å². The number of carbonyl (C=O) groups is 2. The van der Waals surface area contributed by atoms with Gasteiger partial charge in [-0.15, -0.1) is 0 Å². The van der Waals surface area contributed by atoms with Gasteiger partial charge < -0.3 is 10.1 Å². The molecule has 0 saturated heterocycles. The molecule has 0 radical (unpaired) electrons. The summed E-state index contributed by atoms with van der Waals surface area (Å²) >= 11 is 0. The van der Waals surface area contributed by atoms with Crippen molar-refractivity contribution in [1.82, 2.24) is 14.6 Å². The number of hydrogen-bond acceptors (Lipinski definition) is 5. The number of hydrogen-bond donors (Lipinski definition) is 1. The number of amides is 1. The lowest BCUT2D eigenvalue weighted by molar-refractivity contribution is -0.153. The van der Waals surface area contributed by atoms with Crippen molar-refractivity contribution in [3.05, 3.63) is 58.5 Å². The van der Waals surface area contributed by atoms with Crippen LogP contribution in [0.4, 0.5) is 14.5 Å².